The molecule has 0 spiro atoms. The molecule has 3 rings (SSSR count). The van der Waals surface area contributed by atoms with Crippen LogP contribution in [-0.4, -0.2) is 22.5 Å². The summed E-state index contributed by atoms with van der Waals surface area (Å²) in [5, 5.41) is 13.4. The molecule has 1 amide bonds. The molecule has 0 bridgehead atoms. The van der Waals surface area contributed by atoms with Crippen LogP contribution in [0.15, 0.2) is 52.0 Å². The summed E-state index contributed by atoms with van der Waals surface area (Å²) >= 11 is 3.05. The molecule has 130 valence electrons. The van der Waals surface area contributed by atoms with E-state index in [4.69, 9.17) is 0 Å². The Balaban J connectivity index is 1.55. The molecule has 1 atom stereocenters. The first-order valence-corrected chi connectivity index (χ1v) is 10.2. The molecule has 1 unspecified atom stereocenters. The summed E-state index contributed by atoms with van der Waals surface area (Å²) in [4.78, 5) is 13.2. The van der Waals surface area contributed by atoms with Gasteiger partial charge in [0.1, 0.15) is 0 Å². The summed E-state index contributed by atoms with van der Waals surface area (Å²) < 4.78 is 0. The van der Waals surface area contributed by atoms with Crippen LogP contribution in [0.4, 0.5) is 0 Å². The van der Waals surface area contributed by atoms with Crippen molar-refractivity contribution in [2.75, 3.05) is 0 Å². The van der Waals surface area contributed by atoms with Crippen LogP contribution in [0.5, 0.6) is 0 Å². The van der Waals surface area contributed by atoms with Crippen LogP contribution in [0.3, 0.4) is 0 Å². The summed E-state index contributed by atoms with van der Waals surface area (Å²) in [5.41, 5.74) is 2.54. The molecule has 25 heavy (non-hydrogen) atoms. The third kappa shape index (κ3) is 5.28. The highest BCUT2D eigenvalue weighted by atomic mass is 32.2. The van der Waals surface area contributed by atoms with E-state index >= 15 is 0 Å². The van der Waals surface area contributed by atoms with Crippen molar-refractivity contribution in [2.45, 2.75) is 37.9 Å². The molecule has 1 aliphatic rings. The van der Waals surface area contributed by atoms with Crippen LogP contribution in [0.25, 0.3) is 0 Å². The number of carbonyl (C=O) groups is 1. The molecular formula is C19H21N3OS2. The zero-order valence-electron chi connectivity index (χ0n) is 14.1. The molecule has 0 aliphatic carbocycles. The van der Waals surface area contributed by atoms with E-state index in [9.17, 15) is 4.79 Å². The van der Waals surface area contributed by atoms with Crippen LogP contribution >= 0.6 is 23.1 Å². The number of amides is 1. The maximum atomic E-state index is 12.1. The number of benzene rings is 1. The Kier molecular flexibility index (Phi) is 6.42. The van der Waals surface area contributed by atoms with Crippen molar-refractivity contribution in [3.63, 3.8) is 0 Å². The average molecular weight is 372 g/mol. The lowest BCUT2D eigenvalue weighted by atomic mass is 10.0. The van der Waals surface area contributed by atoms with Gasteiger partial charge in [-0.15, -0.1) is 16.4 Å². The Morgan fingerprint density at radius 3 is 2.72 bits per heavy atom. The SMILES string of the molecule is CCCCc1ccc(CC2S/C(=N/N=C/c3cccs3)NC2=O)cc1. The molecule has 1 saturated heterocycles. The number of thioether (sulfide) groups is 1. The number of hydrogen-bond donors (Lipinski definition) is 1. The quantitative estimate of drug-likeness (QED) is 0.584. The molecule has 6 heteroatoms. The van der Waals surface area contributed by atoms with Crippen molar-refractivity contribution < 1.29 is 4.79 Å². The maximum absolute atomic E-state index is 12.1. The van der Waals surface area contributed by atoms with Gasteiger partial charge >= 0.3 is 0 Å². The predicted octanol–water partition coefficient (Wildman–Crippen LogP) is 4.25. The maximum Gasteiger partial charge on any atom is 0.239 e. The number of amidine groups is 1. The van der Waals surface area contributed by atoms with Crippen LogP contribution in [-0.2, 0) is 17.6 Å². The van der Waals surface area contributed by atoms with E-state index in [0.29, 0.717) is 11.6 Å². The van der Waals surface area contributed by atoms with E-state index in [1.165, 1.54) is 35.7 Å². The Hall–Kier alpha value is -1.92. The van der Waals surface area contributed by atoms with Crippen molar-refractivity contribution >= 4 is 40.4 Å². The van der Waals surface area contributed by atoms with Crippen LogP contribution in [0.1, 0.15) is 35.8 Å². The van der Waals surface area contributed by atoms with E-state index < -0.39 is 0 Å². The van der Waals surface area contributed by atoms with Gasteiger partial charge in [-0.1, -0.05) is 55.4 Å². The number of aryl methyl sites for hydroxylation is 1. The Bertz CT molecular complexity index is 751. The number of nitrogens with one attached hydrogen (secondary N) is 1. The average Bonchev–Trinajstić information content (AvgIpc) is 3.25. The van der Waals surface area contributed by atoms with Crippen LogP contribution in [0, 0.1) is 0 Å². The summed E-state index contributed by atoms with van der Waals surface area (Å²) in [6.45, 7) is 2.20. The number of nitrogens with zero attached hydrogens (tertiary/aromatic N) is 2. The van der Waals surface area contributed by atoms with Crippen molar-refractivity contribution in [1.82, 2.24) is 5.32 Å². The lowest BCUT2D eigenvalue weighted by Gasteiger charge is -2.06. The monoisotopic (exact) mass is 371 g/mol. The van der Waals surface area contributed by atoms with Crippen LogP contribution < -0.4 is 5.32 Å². The molecule has 2 aromatic rings. The van der Waals surface area contributed by atoms with E-state index in [-0.39, 0.29) is 11.2 Å². The number of thiophene rings is 1. The molecule has 1 aromatic carbocycles. The lowest BCUT2D eigenvalue weighted by molar-refractivity contribution is -0.118. The molecule has 1 aliphatic heterocycles. The fourth-order valence-electron chi connectivity index (χ4n) is 2.53. The molecule has 0 saturated carbocycles. The smallest absolute Gasteiger partial charge is 0.239 e. The summed E-state index contributed by atoms with van der Waals surface area (Å²) in [6, 6.07) is 12.5. The van der Waals surface area contributed by atoms with E-state index in [2.05, 4.69) is 46.7 Å². The number of hydrogen-bond acceptors (Lipinski definition) is 5. The standard InChI is InChI=1S/C19H21N3OS2/c1-2-3-5-14-7-9-15(10-8-14)12-17-18(23)21-19(25-17)22-20-13-16-6-4-11-24-16/h4,6-11,13,17H,2-3,5,12H2,1H3,(H,21,22,23)/b20-13+. The topological polar surface area (TPSA) is 53.8 Å². The summed E-state index contributed by atoms with van der Waals surface area (Å²) in [7, 11) is 0. The van der Waals surface area contributed by atoms with Gasteiger partial charge in [0.25, 0.3) is 0 Å². The van der Waals surface area contributed by atoms with E-state index in [0.717, 1.165) is 11.3 Å². The zero-order chi connectivity index (χ0) is 17.5. The van der Waals surface area contributed by atoms with Crippen LogP contribution in [0.2, 0.25) is 0 Å². The largest absolute Gasteiger partial charge is 0.303 e. The highest BCUT2D eigenvalue weighted by molar-refractivity contribution is 8.15. The molecule has 1 aromatic heterocycles. The van der Waals surface area contributed by atoms with Crippen molar-refractivity contribution in [3.05, 3.63) is 57.8 Å². The van der Waals surface area contributed by atoms with Crippen molar-refractivity contribution in [1.29, 1.82) is 0 Å². The van der Waals surface area contributed by atoms with E-state index in [1.807, 2.05) is 17.5 Å². The fraction of sp³-hybridized carbons (Fsp3) is 0.316. The third-order valence-electron chi connectivity index (χ3n) is 3.92. The Labute approximate surface area is 156 Å². The van der Waals surface area contributed by atoms with Gasteiger partial charge in [-0.25, -0.2) is 0 Å². The highest BCUT2D eigenvalue weighted by Gasteiger charge is 2.30. The minimum absolute atomic E-state index is 0.00475. The van der Waals surface area contributed by atoms with Gasteiger partial charge in [-0.3, -0.25) is 4.79 Å². The molecule has 2 heterocycles. The van der Waals surface area contributed by atoms with Gasteiger partial charge in [-0.2, -0.15) is 5.10 Å². The Morgan fingerprint density at radius 1 is 1.20 bits per heavy atom. The van der Waals surface area contributed by atoms with Crippen molar-refractivity contribution in [2.24, 2.45) is 10.2 Å². The second-order valence-corrected chi connectivity index (χ2v) is 8.06. The van der Waals surface area contributed by atoms with Gasteiger partial charge in [0.15, 0.2) is 5.17 Å². The number of carbonyl (C=O) groups excluding carboxylic acids is 1. The van der Waals surface area contributed by atoms with Gasteiger partial charge < -0.3 is 5.32 Å². The minimum atomic E-state index is -0.142. The molecule has 1 fully saturated rings. The second kappa shape index (κ2) is 8.97. The highest BCUT2D eigenvalue weighted by Crippen LogP contribution is 2.23. The molecule has 0 radical (unpaired) electrons. The molecule has 4 nitrogen and oxygen atoms in total. The summed E-state index contributed by atoms with van der Waals surface area (Å²) in [5.74, 6) is 0.00475. The minimum Gasteiger partial charge on any atom is -0.303 e. The first-order chi connectivity index (χ1) is 12.2. The predicted molar refractivity (Wildman–Crippen MR) is 108 cm³/mol. The molecule has 1 N–H and O–H groups in total. The fourth-order valence-corrected chi connectivity index (χ4v) is 4.07. The molecular weight excluding hydrogens is 350 g/mol. The number of rotatable bonds is 7. The van der Waals surface area contributed by atoms with Gasteiger partial charge in [0.2, 0.25) is 5.91 Å². The second-order valence-electron chi connectivity index (χ2n) is 5.89. The zero-order valence-corrected chi connectivity index (χ0v) is 15.8. The van der Waals surface area contributed by atoms with Gasteiger partial charge in [-0.05, 0) is 41.8 Å². The first kappa shape index (κ1) is 17.9. The number of unbranched alkanes of at least 4 members (excludes halogenated alkanes) is 1. The normalized spacial score (nSPS) is 19.0. The summed E-state index contributed by atoms with van der Waals surface area (Å²) in [6.07, 6.45) is 5.95. The Morgan fingerprint density at radius 2 is 2.00 bits per heavy atom. The van der Waals surface area contributed by atoms with Gasteiger partial charge in [0, 0.05) is 4.88 Å². The first-order valence-electron chi connectivity index (χ1n) is 8.44. The third-order valence-corrected chi connectivity index (χ3v) is 5.80. The van der Waals surface area contributed by atoms with E-state index in [1.54, 1.807) is 17.6 Å². The van der Waals surface area contributed by atoms with Crippen molar-refractivity contribution in [3.8, 4) is 0 Å². The lowest BCUT2D eigenvalue weighted by Crippen LogP contribution is -2.25. The van der Waals surface area contributed by atoms with Gasteiger partial charge in [0.05, 0.1) is 11.5 Å².